The molecule has 0 saturated heterocycles. The number of benzene rings is 3. The molecule has 0 unspecified atom stereocenters. The minimum Gasteiger partial charge on any atom is -0.478 e. The summed E-state index contributed by atoms with van der Waals surface area (Å²) >= 11 is 5.77. The Kier molecular flexibility index (Phi) is 9.12. The molecule has 1 aliphatic rings. The van der Waals surface area contributed by atoms with Gasteiger partial charge in [-0.25, -0.2) is 4.79 Å². The molecule has 5 aromatic rings. The Bertz CT molecular complexity index is 2960. The molecule has 28 heteroatoms. The number of halogens is 3. The third kappa shape index (κ3) is 7.13. The van der Waals surface area contributed by atoms with E-state index in [1.807, 2.05) is 0 Å². The number of rotatable bonds is 9. The average Bonchev–Trinajstić information content (AvgIpc) is 3.48. The predicted molar refractivity (Wildman–Crippen MR) is 176 cm³/mol. The van der Waals surface area contributed by atoms with E-state index in [2.05, 4.69) is 36.0 Å². The van der Waals surface area contributed by atoms with Crippen molar-refractivity contribution in [3.8, 4) is 5.69 Å². The van der Waals surface area contributed by atoms with E-state index in [1.165, 1.54) is 0 Å². The second kappa shape index (κ2) is 13.1. The first-order valence-electron chi connectivity index (χ1n) is 13.8. The van der Waals surface area contributed by atoms with E-state index in [0.717, 1.165) is 18.2 Å². The second-order valence-corrected chi connectivity index (χ2v) is 15.1. The number of hydrogen-bond donors (Lipinski definition) is 7. The molecular formula is C26H14ClF2N9O13S3. The zero-order chi connectivity index (χ0) is 39.7. The van der Waals surface area contributed by atoms with E-state index in [0.29, 0.717) is 29.1 Å². The Hall–Kier alpha value is -6.10. The van der Waals surface area contributed by atoms with Crippen LogP contribution in [0.5, 0.6) is 0 Å². The normalized spacial score (nSPS) is 14.7. The van der Waals surface area contributed by atoms with Gasteiger partial charge < -0.3 is 10.4 Å². The Labute approximate surface area is 302 Å². The van der Waals surface area contributed by atoms with Crippen LogP contribution in [0.2, 0.25) is 5.02 Å². The number of hydrogen-bond acceptors (Lipinski definition) is 16. The van der Waals surface area contributed by atoms with E-state index < -0.39 is 130 Å². The van der Waals surface area contributed by atoms with Crippen molar-refractivity contribution >= 4 is 104 Å². The maximum Gasteiger partial charge on any atom is 0.338 e. The third-order valence-corrected chi connectivity index (χ3v) is 10.1. The van der Waals surface area contributed by atoms with Crippen LogP contribution in [0.1, 0.15) is 0 Å². The van der Waals surface area contributed by atoms with Gasteiger partial charge in [-0.3, -0.25) is 34.0 Å². The summed E-state index contributed by atoms with van der Waals surface area (Å²) in [6, 6.07) is 4.88. The average molecular weight is 830 g/mol. The summed E-state index contributed by atoms with van der Waals surface area (Å²) in [5.41, 5.74) is -2.03. The zero-order valence-electron chi connectivity index (χ0n) is 25.5. The molecule has 0 radical (unpaired) electrons. The fourth-order valence-corrected chi connectivity index (χ4v) is 7.16. The number of nitrogens with zero attached hydrogens (tertiary/aromatic N) is 6. The Morgan fingerprint density at radius 2 is 1.56 bits per heavy atom. The van der Waals surface area contributed by atoms with Gasteiger partial charge in [0.25, 0.3) is 42.2 Å². The molecule has 0 atom stereocenters. The summed E-state index contributed by atoms with van der Waals surface area (Å²) in [5, 5.41) is 22.8. The molecule has 0 spiro atoms. The Balaban J connectivity index is 1.54. The fraction of sp³-hybridized carbons (Fsp3) is 0. The SMILES string of the molecule is O=C1C=C(C(=O)O)C(=NNc2ccc(-n3nc4cc(S(=O)(=O)O)c5cc(Nc6nc(F)nc(F)c6Cl)cc(S(=O)(=O)O)c5c4n3)cc2S(=O)(=O)O)C(=O)N1. The van der Waals surface area contributed by atoms with Crippen molar-refractivity contribution < 1.29 is 67.2 Å². The Morgan fingerprint density at radius 1 is 0.889 bits per heavy atom. The van der Waals surface area contributed by atoms with E-state index in [9.17, 15) is 67.2 Å². The molecule has 0 saturated carbocycles. The lowest BCUT2D eigenvalue weighted by atomic mass is 10.1. The van der Waals surface area contributed by atoms with Crippen molar-refractivity contribution in [2.75, 3.05) is 10.7 Å². The number of imide groups is 1. The van der Waals surface area contributed by atoms with Gasteiger partial charge in [0.05, 0.1) is 16.9 Å². The highest BCUT2D eigenvalue weighted by atomic mass is 35.5. The number of carboxylic acid groups (broad SMARTS) is 1. The first-order valence-corrected chi connectivity index (χ1v) is 18.5. The molecule has 54 heavy (non-hydrogen) atoms. The summed E-state index contributed by atoms with van der Waals surface area (Å²) in [6.45, 7) is 0. The van der Waals surface area contributed by atoms with Crippen molar-refractivity contribution in [2.45, 2.75) is 14.7 Å². The minimum absolute atomic E-state index is 0.347. The lowest BCUT2D eigenvalue weighted by Gasteiger charge is -2.13. The number of aliphatic carboxylic acids is 1. The lowest BCUT2D eigenvalue weighted by molar-refractivity contribution is -0.133. The van der Waals surface area contributed by atoms with E-state index in [4.69, 9.17) is 11.6 Å². The van der Waals surface area contributed by atoms with Crippen molar-refractivity contribution in [3.05, 3.63) is 65.1 Å². The Morgan fingerprint density at radius 3 is 2.19 bits per heavy atom. The van der Waals surface area contributed by atoms with Crippen LogP contribution in [0, 0.1) is 12.0 Å². The van der Waals surface area contributed by atoms with Crippen LogP contribution in [-0.4, -0.2) is 92.5 Å². The molecule has 22 nitrogen and oxygen atoms in total. The topological polar surface area (TPSA) is 339 Å². The van der Waals surface area contributed by atoms with Crippen LogP contribution >= 0.6 is 11.6 Å². The van der Waals surface area contributed by atoms with Gasteiger partial charge in [-0.05, 0) is 36.4 Å². The molecule has 280 valence electrons. The maximum atomic E-state index is 14.0. The number of aromatic nitrogens is 5. The highest BCUT2D eigenvalue weighted by Gasteiger charge is 2.31. The van der Waals surface area contributed by atoms with Crippen molar-refractivity contribution in [2.24, 2.45) is 5.10 Å². The lowest BCUT2D eigenvalue weighted by Crippen LogP contribution is -2.42. The minimum atomic E-state index is -5.37. The number of anilines is 3. The van der Waals surface area contributed by atoms with E-state index in [-0.39, 0.29) is 5.69 Å². The van der Waals surface area contributed by atoms with Gasteiger partial charge in [0.2, 0.25) is 5.95 Å². The molecule has 0 fully saturated rings. The van der Waals surface area contributed by atoms with Crippen LogP contribution in [0.3, 0.4) is 0 Å². The van der Waals surface area contributed by atoms with Gasteiger partial charge in [-0.1, -0.05) is 11.6 Å². The number of hydrazone groups is 1. The number of carboxylic acids is 1. The third-order valence-electron chi connectivity index (χ3n) is 7.09. The monoisotopic (exact) mass is 829 g/mol. The molecule has 2 amide bonds. The van der Waals surface area contributed by atoms with Gasteiger partial charge in [0, 0.05) is 22.5 Å². The van der Waals surface area contributed by atoms with Crippen LogP contribution in [0.15, 0.2) is 67.8 Å². The van der Waals surface area contributed by atoms with Crippen LogP contribution in [-0.2, 0) is 44.7 Å². The number of nitrogens with one attached hydrogen (secondary N) is 3. The molecule has 1 aliphatic heterocycles. The number of amides is 2. The molecule has 2 aromatic heterocycles. The first kappa shape index (κ1) is 37.7. The largest absolute Gasteiger partial charge is 0.478 e. The van der Waals surface area contributed by atoms with Gasteiger partial charge >= 0.3 is 12.0 Å². The van der Waals surface area contributed by atoms with Crippen molar-refractivity contribution in [3.63, 3.8) is 0 Å². The quantitative estimate of drug-likeness (QED) is 0.0361. The molecule has 3 aromatic carbocycles. The van der Waals surface area contributed by atoms with Crippen LogP contribution in [0.25, 0.3) is 27.5 Å². The summed E-state index contributed by atoms with van der Waals surface area (Å²) in [6.07, 6.45) is -1.08. The molecular weight excluding hydrogens is 816 g/mol. The molecule has 7 N–H and O–H groups in total. The van der Waals surface area contributed by atoms with Crippen molar-refractivity contribution in [1.82, 2.24) is 30.3 Å². The van der Waals surface area contributed by atoms with Gasteiger partial charge in [-0.2, -0.15) is 53.9 Å². The molecule has 0 bridgehead atoms. The standard InChI is InChI=1S/C26H14ClF2N9O13S3/c27-19-22(28)32-26(29)33-23(19)30-8-3-10-14(52(43,44)45)7-13-21(18(10)16(4-8)54(49,50)51)37-38(36-13)9-1-2-12(15(5-9)53(46,47)48)34-35-20-11(25(41)42)6-17(39)31-24(20)40/h1-7,34H,(H,41,42)(H,30,32,33)(H,31,39,40)(H,43,44,45)(H,46,47,48)(H,49,50,51). The van der Waals surface area contributed by atoms with Gasteiger partial charge in [0.1, 0.15) is 30.7 Å². The van der Waals surface area contributed by atoms with E-state index in [1.54, 1.807) is 5.32 Å². The van der Waals surface area contributed by atoms with Crippen molar-refractivity contribution in [1.29, 1.82) is 0 Å². The fourth-order valence-electron chi connectivity index (χ4n) is 4.93. The van der Waals surface area contributed by atoms with Crippen LogP contribution in [0.4, 0.5) is 26.0 Å². The highest BCUT2D eigenvalue weighted by molar-refractivity contribution is 7.86. The smallest absolute Gasteiger partial charge is 0.338 e. The summed E-state index contributed by atoms with van der Waals surface area (Å²) in [7, 11) is -15.9. The highest BCUT2D eigenvalue weighted by Crippen LogP contribution is 2.38. The van der Waals surface area contributed by atoms with Gasteiger partial charge in [-0.15, -0.1) is 10.2 Å². The number of carbonyl (C=O) groups is 3. The maximum absolute atomic E-state index is 14.0. The summed E-state index contributed by atoms with van der Waals surface area (Å²) in [4.78, 5) is 38.8. The molecule has 6 rings (SSSR count). The number of fused-ring (bicyclic) bond motifs is 3. The van der Waals surface area contributed by atoms with Gasteiger partial charge in [0.15, 0.2) is 11.5 Å². The molecule has 0 aliphatic carbocycles. The summed E-state index contributed by atoms with van der Waals surface area (Å²) < 4.78 is 133. The number of carbonyl (C=O) groups excluding carboxylic acids is 2. The summed E-state index contributed by atoms with van der Waals surface area (Å²) in [5.74, 6) is -6.38. The first-order chi connectivity index (χ1) is 25.0. The predicted octanol–water partition coefficient (Wildman–Crippen LogP) is 1.21. The van der Waals surface area contributed by atoms with E-state index >= 15 is 0 Å². The second-order valence-electron chi connectivity index (χ2n) is 10.6. The zero-order valence-corrected chi connectivity index (χ0v) is 28.8. The molecule has 3 heterocycles. The van der Waals surface area contributed by atoms with Crippen LogP contribution < -0.4 is 16.1 Å².